The molecule has 8 nitrogen and oxygen atoms in total. The fourth-order valence-corrected chi connectivity index (χ4v) is 6.44. The predicted molar refractivity (Wildman–Crippen MR) is 216 cm³/mol. The molecule has 0 atom stereocenters. The normalized spacial score (nSPS) is 17.4. The maximum Gasteiger partial charge on any atom is 0.416 e. The van der Waals surface area contributed by atoms with Gasteiger partial charge in [0.2, 0.25) is 5.70 Å². The van der Waals surface area contributed by atoms with E-state index >= 15 is 8.78 Å². The maximum absolute atomic E-state index is 17.4. The Kier molecular flexibility index (Phi) is 12.8. The molecule has 0 bridgehead atoms. The lowest BCUT2D eigenvalue weighted by atomic mass is 9.83. The van der Waals surface area contributed by atoms with Crippen molar-refractivity contribution in [1.82, 2.24) is 0 Å². The van der Waals surface area contributed by atoms with Crippen LogP contribution in [0.3, 0.4) is 0 Å². The molecule has 2 aliphatic carbocycles. The molecule has 64 heavy (non-hydrogen) atoms. The highest BCUT2D eigenvalue weighted by molar-refractivity contribution is 6.00. The van der Waals surface area contributed by atoms with Gasteiger partial charge in [0.25, 0.3) is 0 Å². The first-order chi connectivity index (χ1) is 30.3. The monoisotopic (exact) mass is 858 g/mol. The van der Waals surface area contributed by atoms with Crippen molar-refractivity contribution in [1.29, 1.82) is 26.3 Å². The van der Waals surface area contributed by atoms with Crippen LogP contribution in [0.5, 0.6) is 0 Å². The second-order valence-electron chi connectivity index (χ2n) is 13.2. The van der Waals surface area contributed by atoms with Gasteiger partial charge in [-0.15, -0.1) is 0 Å². The van der Waals surface area contributed by atoms with E-state index in [4.69, 9.17) is 19.7 Å². The third kappa shape index (κ3) is 8.81. The van der Waals surface area contributed by atoms with Gasteiger partial charge >= 0.3 is 12.4 Å². The summed E-state index contributed by atoms with van der Waals surface area (Å²) in [7, 11) is 0. The quantitative estimate of drug-likeness (QED) is 0.105. The molecule has 0 unspecified atom stereocenters. The van der Waals surface area contributed by atoms with Crippen LogP contribution < -0.4 is 0 Å². The first kappa shape index (κ1) is 45.5. The molecule has 16 heteroatoms. The number of allylic oxidation sites excluding steroid dienone is 16. The third-order valence-electron chi connectivity index (χ3n) is 9.38. The van der Waals surface area contributed by atoms with Crippen LogP contribution in [-0.4, -0.2) is 6.18 Å². The Hall–Kier alpha value is -9.58. The highest BCUT2D eigenvalue weighted by Crippen LogP contribution is 2.53. The van der Waals surface area contributed by atoms with Gasteiger partial charge in [-0.05, 0) is 87.0 Å². The number of hydrogen-bond acceptors (Lipinski definition) is 5. The summed E-state index contributed by atoms with van der Waals surface area (Å²) in [5.41, 5.74) is -12.7. The molecule has 0 saturated heterocycles. The minimum atomic E-state index is -5.03. The molecular formula is C48H18F8N8. The van der Waals surface area contributed by atoms with Crippen molar-refractivity contribution in [2.75, 3.05) is 0 Å². The summed E-state index contributed by atoms with van der Waals surface area (Å²) in [6.45, 7) is 30.1. The molecule has 0 heterocycles. The van der Waals surface area contributed by atoms with Crippen molar-refractivity contribution in [3.63, 3.8) is 0 Å². The number of nitriles is 5. The molecule has 3 aromatic carbocycles. The Labute approximate surface area is 359 Å². The van der Waals surface area contributed by atoms with Crippen LogP contribution in [0.25, 0.3) is 31.3 Å². The minimum absolute atomic E-state index is 0.208. The molecule has 0 amide bonds. The van der Waals surface area contributed by atoms with Crippen molar-refractivity contribution >= 4 is 28.1 Å². The maximum atomic E-state index is 17.4. The lowest BCUT2D eigenvalue weighted by Gasteiger charge is -2.20. The van der Waals surface area contributed by atoms with E-state index in [2.05, 4.69) is 27.7 Å². The minimum Gasteiger partial charge on any atom is -0.239 e. The van der Waals surface area contributed by atoms with Crippen LogP contribution in [0.4, 0.5) is 46.5 Å². The molecule has 306 valence electrons. The van der Waals surface area contributed by atoms with Crippen molar-refractivity contribution in [2.24, 2.45) is 0 Å². The Balaban J connectivity index is 2.17. The Bertz CT molecular complexity index is 3190. The second kappa shape index (κ2) is 18.0. The van der Waals surface area contributed by atoms with Crippen LogP contribution in [0.1, 0.15) is 33.4 Å². The molecule has 0 spiro atoms. The number of alkyl halides is 6. The molecule has 2 aliphatic rings. The molecule has 0 N–H and O–H groups in total. The van der Waals surface area contributed by atoms with Crippen LogP contribution in [0.15, 0.2) is 160 Å². The van der Waals surface area contributed by atoms with Gasteiger partial charge in [0.1, 0.15) is 29.9 Å². The predicted octanol–water partition coefficient (Wildman–Crippen LogP) is 13.2. The Morgan fingerprint density at radius 1 is 0.641 bits per heavy atom. The largest absolute Gasteiger partial charge is 0.416 e. The van der Waals surface area contributed by atoms with E-state index in [1.54, 1.807) is 30.3 Å². The van der Waals surface area contributed by atoms with E-state index in [0.29, 0.717) is 24.3 Å². The molecule has 0 aliphatic heterocycles. The van der Waals surface area contributed by atoms with Crippen molar-refractivity contribution in [3.8, 4) is 30.3 Å². The number of benzene rings is 3. The summed E-state index contributed by atoms with van der Waals surface area (Å²) in [5.74, 6) is -3.10. The number of halogens is 8. The van der Waals surface area contributed by atoms with Gasteiger partial charge in [0.15, 0.2) is 11.4 Å². The van der Waals surface area contributed by atoms with Crippen molar-refractivity contribution in [2.45, 2.75) is 12.4 Å². The third-order valence-corrected chi connectivity index (χ3v) is 9.38. The molecule has 0 fully saturated rings. The topological polar surface area (TPSA) is 132 Å². The zero-order valence-electron chi connectivity index (χ0n) is 32.1. The van der Waals surface area contributed by atoms with E-state index < -0.39 is 96.6 Å². The first-order valence-corrected chi connectivity index (χ1v) is 17.5. The Morgan fingerprint density at radius 2 is 1.20 bits per heavy atom. The first-order valence-electron chi connectivity index (χ1n) is 17.5. The van der Waals surface area contributed by atoms with Gasteiger partial charge in [0.05, 0.1) is 65.3 Å². The van der Waals surface area contributed by atoms with E-state index in [-0.39, 0.29) is 39.2 Å². The highest BCUT2D eigenvalue weighted by atomic mass is 19.4. The summed E-state index contributed by atoms with van der Waals surface area (Å²) in [4.78, 5) is 9.89. The number of hydrogen-bond donors (Lipinski definition) is 0. The van der Waals surface area contributed by atoms with Crippen LogP contribution >= 0.6 is 0 Å². The van der Waals surface area contributed by atoms with Gasteiger partial charge in [-0.1, -0.05) is 55.6 Å². The number of nitrogens with zero attached hydrogens (tertiary/aromatic N) is 8. The summed E-state index contributed by atoms with van der Waals surface area (Å²) >= 11 is 0. The zero-order chi connectivity index (χ0) is 47.3. The van der Waals surface area contributed by atoms with Gasteiger partial charge < -0.3 is 0 Å². The Morgan fingerprint density at radius 3 is 1.67 bits per heavy atom. The SMILES string of the molecule is [C-]#[N+]C1=C(F)/C(=C(/C#N)c2cc([N+]#[C-])cc([N+]#[C-])c2)C2=C1/C(c1ccc(C(F)(F)F)cc1)=C/C(C#N)=C(F)\C(=C(\C#N)c1cc(C#N)cc(C#N)c1)C=C2C(=C)/C=C\C(=C)C(F)(F)F. The van der Waals surface area contributed by atoms with E-state index in [0.717, 1.165) is 60.7 Å². The smallest absolute Gasteiger partial charge is 0.239 e. The zero-order valence-corrected chi connectivity index (χ0v) is 32.1. The van der Waals surface area contributed by atoms with Crippen LogP contribution in [0, 0.1) is 76.4 Å². The average molecular weight is 859 g/mol. The average Bonchev–Trinajstić information content (AvgIpc) is 3.58. The highest BCUT2D eigenvalue weighted by Gasteiger charge is 2.39. The standard InChI is InChI=1S/C48H18F8N8/c1-25(6-7-26(2)47(51,52)53)36-19-38(39(23-60)30-13-27(20-57)12-28(14-30)21-58)44(49)32(22-59)17-37(29-8-10-33(11-9-29)48(54,55)56)43-41(36)42(45(50)46(43)64-5)40(24-61)31-15-34(62-3)18-35(16-31)63-4/h6-19H,1-2H2/b7-6-,36-19?,37-17+,39-38-,42-40-,44-32-. The lowest BCUT2D eigenvalue weighted by molar-refractivity contribution is -0.137. The molecule has 0 aromatic heterocycles. The van der Waals surface area contributed by atoms with Crippen LogP contribution in [-0.2, 0) is 6.18 Å². The second-order valence-corrected chi connectivity index (χ2v) is 13.2. The van der Waals surface area contributed by atoms with E-state index in [1.165, 1.54) is 0 Å². The van der Waals surface area contributed by atoms with Crippen LogP contribution in [0.2, 0.25) is 0 Å². The lowest BCUT2D eigenvalue weighted by Crippen LogP contribution is -2.08. The van der Waals surface area contributed by atoms with E-state index in [9.17, 15) is 52.7 Å². The van der Waals surface area contributed by atoms with Gasteiger partial charge in [-0.3, -0.25) is 0 Å². The molecular weight excluding hydrogens is 841 g/mol. The summed E-state index contributed by atoms with van der Waals surface area (Å²) in [5, 5.41) is 51.3. The fourth-order valence-electron chi connectivity index (χ4n) is 6.44. The fraction of sp³-hybridized carbons (Fsp3) is 0.0417. The van der Waals surface area contributed by atoms with Gasteiger partial charge in [-0.2, -0.15) is 52.7 Å². The molecule has 0 radical (unpaired) electrons. The molecule has 5 rings (SSSR count). The summed E-state index contributed by atoms with van der Waals surface area (Å²) < 4.78 is 118. The van der Waals surface area contributed by atoms with Crippen molar-refractivity contribution < 1.29 is 35.1 Å². The van der Waals surface area contributed by atoms with Gasteiger partial charge in [0, 0.05) is 16.7 Å². The van der Waals surface area contributed by atoms with Crippen molar-refractivity contribution in [3.05, 3.63) is 228 Å². The molecule has 3 aromatic rings. The molecule has 0 saturated carbocycles. The van der Waals surface area contributed by atoms with Gasteiger partial charge in [-0.25, -0.2) is 23.3 Å². The number of rotatable bonds is 6. The summed E-state index contributed by atoms with van der Waals surface area (Å²) in [6.07, 6.45) is -7.35. The van der Waals surface area contributed by atoms with E-state index in [1.807, 2.05) is 0 Å². The summed E-state index contributed by atoms with van der Waals surface area (Å²) in [6, 6.07) is 18.0.